The van der Waals surface area contributed by atoms with Gasteiger partial charge in [0.2, 0.25) is 0 Å². The van der Waals surface area contributed by atoms with Crippen LogP contribution in [-0.2, 0) is 15.0 Å². The molecule has 0 saturated carbocycles. The lowest BCUT2D eigenvalue weighted by Gasteiger charge is -2.30. The quantitative estimate of drug-likeness (QED) is 0.884. The summed E-state index contributed by atoms with van der Waals surface area (Å²) in [5.41, 5.74) is 1.21. The number of halogens is 1. The van der Waals surface area contributed by atoms with Gasteiger partial charge in [0.1, 0.15) is 0 Å². The molecule has 1 aromatic carbocycles. The van der Waals surface area contributed by atoms with Crippen LogP contribution in [0.3, 0.4) is 0 Å². The molecular formula is C13H17ClN2O4S. The molecule has 0 aliphatic carbocycles. The maximum Gasteiger partial charge on any atom is 0.307 e. The Bertz CT molecular complexity index is 648. The lowest BCUT2D eigenvalue weighted by atomic mass is 10.0. The van der Waals surface area contributed by atoms with Gasteiger partial charge in [0, 0.05) is 18.1 Å². The van der Waals surface area contributed by atoms with Gasteiger partial charge in [0.25, 0.3) is 0 Å². The largest absolute Gasteiger partial charge is 0.481 e. The number of carboxylic acid groups (broad SMARTS) is 1. The van der Waals surface area contributed by atoms with Crippen molar-refractivity contribution in [1.29, 1.82) is 0 Å². The average molecular weight is 333 g/mol. The third kappa shape index (κ3) is 3.87. The highest BCUT2D eigenvalue weighted by molar-refractivity contribution is 7.90. The number of anilines is 1. The maximum atomic E-state index is 12.3. The number of aliphatic carboxylic acids is 1. The summed E-state index contributed by atoms with van der Waals surface area (Å²) >= 11 is 5.97. The standard InChI is InChI=1S/C13H17ClN2O4S/c1-9-4-5-11(7-12(9)14)15-21(19,20)16-6-2-3-10(8-16)13(17)18/h4-5,7,10,15H,2-3,6,8H2,1H3,(H,17,18). The summed E-state index contributed by atoms with van der Waals surface area (Å²) in [6.45, 7) is 2.13. The second kappa shape index (κ2) is 6.21. The number of carboxylic acids is 1. The number of carbonyl (C=O) groups is 1. The smallest absolute Gasteiger partial charge is 0.307 e. The van der Waals surface area contributed by atoms with Gasteiger partial charge in [-0.3, -0.25) is 9.52 Å². The van der Waals surface area contributed by atoms with Gasteiger partial charge >= 0.3 is 16.2 Å². The van der Waals surface area contributed by atoms with E-state index in [0.717, 1.165) is 5.56 Å². The first-order chi connectivity index (χ1) is 9.79. The van der Waals surface area contributed by atoms with Gasteiger partial charge in [-0.2, -0.15) is 12.7 Å². The maximum absolute atomic E-state index is 12.3. The Morgan fingerprint density at radius 2 is 2.19 bits per heavy atom. The zero-order chi connectivity index (χ0) is 15.6. The highest BCUT2D eigenvalue weighted by atomic mass is 35.5. The van der Waals surface area contributed by atoms with E-state index in [1.165, 1.54) is 10.4 Å². The van der Waals surface area contributed by atoms with Crippen LogP contribution in [0, 0.1) is 12.8 Å². The Morgan fingerprint density at radius 1 is 1.48 bits per heavy atom. The second-order valence-electron chi connectivity index (χ2n) is 5.11. The van der Waals surface area contributed by atoms with Crippen LogP contribution in [0.1, 0.15) is 18.4 Å². The van der Waals surface area contributed by atoms with Gasteiger partial charge in [0.05, 0.1) is 11.6 Å². The van der Waals surface area contributed by atoms with Crippen LogP contribution >= 0.6 is 11.6 Å². The van der Waals surface area contributed by atoms with Gasteiger partial charge in [-0.25, -0.2) is 0 Å². The molecule has 2 N–H and O–H groups in total. The molecule has 1 heterocycles. The molecule has 8 heteroatoms. The number of aryl methyl sites for hydroxylation is 1. The van der Waals surface area contributed by atoms with Crippen LogP contribution in [0.15, 0.2) is 18.2 Å². The Hall–Kier alpha value is -1.31. The lowest BCUT2D eigenvalue weighted by molar-refractivity contribution is -0.142. The average Bonchev–Trinajstić information content (AvgIpc) is 2.43. The Kier molecular flexibility index (Phi) is 4.75. The molecule has 116 valence electrons. The van der Waals surface area contributed by atoms with Crippen LogP contribution in [0.5, 0.6) is 0 Å². The topological polar surface area (TPSA) is 86.7 Å². The number of hydrogen-bond donors (Lipinski definition) is 2. The van der Waals surface area contributed by atoms with Crippen molar-refractivity contribution in [3.05, 3.63) is 28.8 Å². The molecule has 0 amide bonds. The number of rotatable bonds is 4. The van der Waals surface area contributed by atoms with E-state index in [4.69, 9.17) is 16.7 Å². The van der Waals surface area contributed by atoms with Crippen molar-refractivity contribution in [2.75, 3.05) is 17.8 Å². The van der Waals surface area contributed by atoms with E-state index in [1.54, 1.807) is 12.1 Å². The fourth-order valence-electron chi connectivity index (χ4n) is 2.23. The molecule has 0 radical (unpaired) electrons. The first-order valence-corrected chi connectivity index (χ1v) is 8.38. The predicted molar refractivity (Wildman–Crippen MR) is 80.7 cm³/mol. The van der Waals surface area contributed by atoms with Gasteiger partial charge in [-0.05, 0) is 37.5 Å². The number of hydrogen-bond acceptors (Lipinski definition) is 3. The van der Waals surface area contributed by atoms with E-state index in [1.807, 2.05) is 6.92 Å². The minimum Gasteiger partial charge on any atom is -0.481 e. The normalized spacial score (nSPS) is 20.2. The second-order valence-corrected chi connectivity index (χ2v) is 7.18. The third-order valence-electron chi connectivity index (χ3n) is 3.49. The summed E-state index contributed by atoms with van der Waals surface area (Å²) in [6.07, 6.45) is 1.03. The van der Waals surface area contributed by atoms with Crippen LogP contribution in [0.4, 0.5) is 5.69 Å². The Labute approximate surface area is 128 Å². The van der Waals surface area contributed by atoms with Crippen molar-refractivity contribution < 1.29 is 18.3 Å². The number of nitrogens with one attached hydrogen (secondary N) is 1. The molecule has 1 aliphatic heterocycles. The molecule has 21 heavy (non-hydrogen) atoms. The molecule has 0 spiro atoms. The van der Waals surface area contributed by atoms with E-state index in [9.17, 15) is 13.2 Å². The van der Waals surface area contributed by atoms with Crippen molar-refractivity contribution >= 4 is 33.5 Å². The van der Waals surface area contributed by atoms with E-state index in [2.05, 4.69) is 4.72 Å². The van der Waals surface area contributed by atoms with Crippen LogP contribution in [-0.4, -0.2) is 36.9 Å². The number of nitrogens with zero attached hydrogens (tertiary/aromatic N) is 1. The van der Waals surface area contributed by atoms with E-state index < -0.39 is 22.1 Å². The summed E-state index contributed by atoms with van der Waals surface area (Å²) in [6, 6.07) is 4.88. The van der Waals surface area contributed by atoms with Crippen LogP contribution in [0.25, 0.3) is 0 Å². The Morgan fingerprint density at radius 3 is 2.81 bits per heavy atom. The van der Waals surface area contributed by atoms with Crippen LogP contribution in [0.2, 0.25) is 5.02 Å². The summed E-state index contributed by atoms with van der Waals surface area (Å²) in [4.78, 5) is 11.0. The molecule has 1 atom stereocenters. The van der Waals surface area contributed by atoms with Crippen molar-refractivity contribution in [3.63, 3.8) is 0 Å². The molecule has 1 unspecified atom stereocenters. The van der Waals surface area contributed by atoms with Crippen molar-refractivity contribution in [1.82, 2.24) is 4.31 Å². The van der Waals surface area contributed by atoms with E-state index >= 15 is 0 Å². The molecule has 1 aliphatic rings. The van der Waals surface area contributed by atoms with E-state index in [-0.39, 0.29) is 6.54 Å². The van der Waals surface area contributed by atoms with Crippen molar-refractivity contribution in [2.24, 2.45) is 5.92 Å². The number of piperidine rings is 1. The molecule has 6 nitrogen and oxygen atoms in total. The van der Waals surface area contributed by atoms with Crippen molar-refractivity contribution in [3.8, 4) is 0 Å². The van der Waals surface area contributed by atoms with Gasteiger partial charge in [0.15, 0.2) is 0 Å². The monoisotopic (exact) mass is 332 g/mol. The summed E-state index contributed by atoms with van der Waals surface area (Å²) in [5.74, 6) is -1.62. The fourth-order valence-corrected chi connectivity index (χ4v) is 3.71. The molecule has 1 aromatic rings. The fraction of sp³-hybridized carbons (Fsp3) is 0.462. The van der Waals surface area contributed by atoms with Crippen molar-refractivity contribution in [2.45, 2.75) is 19.8 Å². The van der Waals surface area contributed by atoms with Crippen LogP contribution < -0.4 is 4.72 Å². The minimum absolute atomic E-state index is 0.00966. The molecule has 2 rings (SSSR count). The molecule has 1 saturated heterocycles. The molecular weight excluding hydrogens is 316 g/mol. The summed E-state index contributed by atoms with van der Waals surface area (Å²) in [7, 11) is -3.77. The zero-order valence-corrected chi connectivity index (χ0v) is 13.1. The van der Waals surface area contributed by atoms with E-state index in [0.29, 0.717) is 30.1 Å². The third-order valence-corrected chi connectivity index (χ3v) is 5.40. The van der Waals surface area contributed by atoms with Gasteiger partial charge < -0.3 is 5.11 Å². The highest BCUT2D eigenvalue weighted by Gasteiger charge is 2.32. The predicted octanol–water partition coefficient (Wildman–Crippen LogP) is 2.10. The minimum atomic E-state index is -3.77. The first kappa shape index (κ1) is 16.1. The SMILES string of the molecule is Cc1ccc(NS(=O)(=O)N2CCCC(C(=O)O)C2)cc1Cl. The zero-order valence-electron chi connectivity index (χ0n) is 11.5. The number of benzene rings is 1. The summed E-state index contributed by atoms with van der Waals surface area (Å²) in [5, 5.41) is 9.49. The molecule has 0 bridgehead atoms. The summed E-state index contributed by atoms with van der Waals surface area (Å²) < 4.78 is 28.2. The lowest BCUT2D eigenvalue weighted by Crippen LogP contribution is -2.44. The van der Waals surface area contributed by atoms with Gasteiger partial charge in [-0.15, -0.1) is 0 Å². The molecule has 0 aromatic heterocycles. The molecule has 1 fully saturated rings. The Balaban J connectivity index is 2.14. The highest BCUT2D eigenvalue weighted by Crippen LogP contribution is 2.24. The van der Waals surface area contributed by atoms with Gasteiger partial charge in [-0.1, -0.05) is 17.7 Å². The first-order valence-electron chi connectivity index (χ1n) is 6.56.